The molecule has 0 atom stereocenters. The van der Waals surface area contributed by atoms with Gasteiger partial charge in [0.15, 0.2) is 0 Å². The van der Waals surface area contributed by atoms with Crippen LogP contribution in [0.25, 0.3) is 0 Å². The Balaban J connectivity index is 4.19. The molecule has 0 unspecified atom stereocenters. The fourth-order valence-corrected chi connectivity index (χ4v) is 0.337. The molecule has 5 nitrogen and oxygen atoms in total. The second kappa shape index (κ2) is 3.62. The Bertz CT molecular complexity index is 184. The maximum atomic E-state index is 10.4. The van der Waals surface area contributed by atoms with E-state index in [1.807, 2.05) is 0 Å². The number of rotatable bonds is 2. The van der Waals surface area contributed by atoms with Gasteiger partial charge >= 0.3 is 11.9 Å². The van der Waals surface area contributed by atoms with E-state index in [9.17, 15) is 9.59 Å². The van der Waals surface area contributed by atoms with E-state index in [4.69, 9.17) is 5.11 Å². The normalized spacial score (nSPS) is 10.8. The van der Waals surface area contributed by atoms with Crippen LogP contribution in [0.15, 0.2) is 11.6 Å². The average Bonchev–Trinajstić information content (AvgIpc) is 1.85. The van der Waals surface area contributed by atoms with Gasteiger partial charge in [-0.1, -0.05) is 0 Å². The first kappa shape index (κ1) is 8.64. The average molecular weight is 145 g/mol. The third-order valence-corrected chi connectivity index (χ3v) is 0.769. The summed E-state index contributed by atoms with van der Waals surface area (Å²) in [5, 5.41) is 8.10. The van der Waals surface area contributed by atoms with Crippen molar-refractivity contribution in [2.75, 3.05) is 0 Å². The maximum Gasteiger partial charge on any atom is 0.352 e. The van der Waals surface area contributed by atoms with Crippen molar-refractivity contribution in [3.63, 3.8) is 0 Å². The van der Waals surface area contributed by atoms with Gasteiger partial charge in [0, 0.05) is 11.6 Å². The van der Waals surface area contributed by atoms with Crippen LogP contribution in [0.3, 0.4) is 0 Å². The molecule has 0 saturated carbocycles. The Labute approximate surface area is 57.0 Å². The van der Waals surface area contributed by atoms with Gasteiger partial charge in [-0.05, 0) is 6.92 Å². The predicted molar refractivity (Wildman–Crippen MR) is 31.7 cm³/mol. The van der Waals surface area contributed by atoms with Crippen molar-refractivity contribution >= 4 is 11.9 Å². The van der Waals surface area contributed by atoms with Crippen LogP contribution in [0.5, 0.6) is 0 Å². The zero-order valence-corrected chi connectivity index (χ0v) is 5.33. The molecule has 3 N–H and O–H groups in total. The first-order valence-corrected chi connectivity index (χ1v) is 2.40. The Morgan fingerprint density at radius 3 is 2.40 bits per heavy atom. The fraction of sp³-hybridized carbons (Fsp3) is 0.200. The molecular formula is C5H7NO4. The molecule has 5 heteroatoms. The summed E-state index contributed by atoms with van der Waals surface area (Å²) in [7, 11) is 0. The molecule has 0 radical (unpaired) electrons. The van der Waals surface area contributed by atoms with Gasteiger partial charge in [0.2, 0.25) is 0 Å². The van der Waals surface area contributed by atoms with E-state index >= 15 is 0 Å². The van der Waals surface area contributed by atoms with Gasteiger partial charge in [-0.3, -0.25) is 0 Å². The van der Waals surface area contributed by atoms with Crippen molar-refractivity contribution in [1.29, 1.82) is 0 Å². The first-order chi connectivity index (χ1) is 4.57. The molecule has 0 aliphatic heterocycles. The Kier molecular flexibility index (Phi) is 3.13. The van der Waals surface area contributed by atoms with Gasteiger partial charge in [-0.15, -0.1) is 0 Å². The summed E-state index contributed by atoms with van der Waals surface area (Å²) in [5.74, 6) is 2.41. The number of nitrogens with two attached hydrogens (primary N) is 1. The summed E-state index contributed by atoms with van der Waals surface area (Å²) in [6, 6.07) is 0. The number of hydrogen-bond donors (Lipinski definition) is 2. The molecule has 0 aromatic heterocycles. The highest BCUT2D eigenvalue weighted by Crippen LogP contribution is 1.92. The standard InChI is InChI=1S/C5H7NO4/c1-3(2-4(7)8)5(9)10-6/h2H,6H2,1H3,(H,7,8). The number of carboxylic acid groups (broad SMARTS) is 1. The minimum atomic E-state index is -1.21. The molecule has 0 saturated heterocycles. The van der Waals surface area contributed by atoms with Crippen LogP contribution in [-0.2, 0) is 14.4 Å². The van der Waals surface area contributed by atoms with Gasteiger partial charge in [0.25, 0.3) is 0 Å². The summed E-state index contributed by atoms with van der Waals surface area (Å²) < 4.78 is 0. The second-order valence-corrected chi connectivity index (χ2v) is 1.57. The number of aliphatic carboxylic acids is 1. The summed E-state index contributed by atoms with van der Waals surface area (Å²) in [4.78, 5) is 24.0. The molecule has 0 heterocycles. The highest BCUT2D eigenvalue weighted by molar-refractivity contribution is 5.94. The van der Waals surface area contributed by atoms with Gasteiger partial charge in [-0.25, -0.2) is 9.59 Å². The van der Waals surface area contributed by atoms with E-state index in [0.29, 0.717) is 0 Å². The lowest BCUT2D eigenvalue weighted by Gasteiger charge is -1.93. The maximum absolute atomic E-state index is 10.4. The Hall–Kier alpha value is -1.36. The van der Waals surface area contributed by atoms with E-state index in [-0.39, 0.29) is 5.57 Å². The quantitative estimate of drug-likeness (QED) is 0.401. The predicted octanol–water partition coefficient (Wildman–Crippen LogP) is -0.566. The molecule has 0 bridgehead atoms. The molecule has 0 aliphatic carbocycles. The highest BCUT2D eigenvalue weighted by Gasteiger charge is 2.04. The zero-order chi connectivity index (χ0) is 8.15. The molecule has 0 aromatic rings. The van der Waals surface area contributed by atoms with E-state index in [2.05, 4.69) is 10.7 Å². The molecule has 0 amide bonds. The summed E-state index contributed by atoms with van der Waals surface area (Å²) in [6.07, 6.45) is 0.717. The van der Waals surface area contributed by atoms with Crippen LogP contribution in [0.4, 0.5) is 0 Å². The van der Waals surface area contributed by atoms with Crippen molar-refractivity contribution in [1.82, 2.24) is 0 Å². The van der Waals surface area contributed by atoms with Crippen molar-refractivity contribution in [3.8, 4) is 0 Å². The van der Waals surface area contributed by atoms with Gasteiger partial charge in [0.05, 0.1) is 0 Å². The molecule has 56 valence electrons. The lowest BCUT2D eigenvalue weighted by Crippen LogP contribution is -2.11. The Morgan fingerprint density at radius 2 is 2.10 bits per heavy atom. The van der Waals surface area contributed by atoms with Crippen molar-refractivity contribution in [2.45, 2.75) is 6.92 Å². The fourth-order valence-electron chi connectivity index (χ4n) is 0.337. The third kappa shape index (κ3) is 2.83. The number of carbonyl (C=O) groups excluding carboxylic acids is 1. The van der Waals surface area contributed by atoms with Crippen molar-refractivity contribution in [2.24, 2.45) is 5.90 Å². The lowest BCUT2D eigenvalue weighted by molar-refractivity contribution is -0.140. The van der Waals surface area contributed by atoms with Crippen LogP contribution in [0.1, 0.15) is 6.92 Å². The summed E-state index contributed by atoms with van der Waals surface area (Å²) in [6.45, 7) is 1.29. The monoisotopic (exact) mass is 145 g/mol. The van der Waals surface area contributed by atoms with Crippen LogP contribution in [0.2, 0.25) is 0 Å². The van der Waals surface area contributed by atoms with Crippen molar-refractivity contribution < 1.29 is 19.5 Å². The minimum absolute atomic E-state index is 0.0463. The minimum Gasteiger partial charge on any atom is -0.478 e. The zero-order valence-electron chi connectivity index (χ0n) is 5.33. The number of carbonyl (C=O) groups is 2. The van der Waals surface area contributed by atoms with Crippen LogP contribution in [0, 0.1) is 0 Å². The van der Waals surface area contributed by atoms with E-state index in [1.54, 1.807) is 0 Å². The molecule has 0 aliphatic rings. The van der Waals surface area contributed by atoms with E-state index in [1.165, 1.54) is 6.92 Å². The molecule has 10 heavy (non-hydrogen) atoms. The molecule has 0 aromatic carbocycles. The largest absolute Gasteiger partial charge is 0.478 e. The van der Waals surface area contributed by atoms with Gasteiger partial charge in [-0.2, -0.15) is 5.90 Å². The van der Waals surface area contributed by atoms with Gasteiger partial charge in [0.1, 0.15) is 0 Å². The molecule has 0 fully saturated rings. The summed E-state index contributed by atoms with van der Waals surface area (Å²) >= 11 is 0. The Morgan fingerprint density at radius 1 is 1.60 bits per heavy atom. The molecule has 0 spiro atoms. The van der Waals surface area contributed by atoms with E-state index < -0.39 is 11.9 Å². The third-order valence-electron chi connectivity index (χ3n) is 0.769. The van der Waals surface area contributed by atoms with Crippen LogP contribution < -0.4 is 5.90 Å². The number of carboxylic acids is 1. The second-order valence-electron chi connectivity index (χ2n) is 1.57. The first-order valence-electron chi connectivity index (χ1n) is 2.40. The SMILES string of the molecule is CC(=CC(=O)O)C(=O)ON. The number of hydrogen-bond acceptors (Lipinski definition) is 4. The van der Waals surface area contributed by atoms with Crippen molar-refractivity contribution in [3.05, 3.63) is 11.6 Å². The van der Waals surface area contributed by atoms with E-state index in [0.717, 1.165) is 6.08 Å². The summed E-state index contributed by atoms with van der Waals surface area (Å²) in [5.41, 5.74) is -0.0463. The molecular weight excluding hydrogens is 138 g/mol. The van der Waals surface area contributed by atoms with Crippen LogP contribution in [-0.4, -0.2) is 17.0 Å². The smallest absolute Gasteiger partial charge is 0.352 e. The topological polar surface area (TPSA) is 89.6 Å². The lowest BCUT2D eigenvalue weighted by atomic mass is 10.3. The van der Waals surface area contributed by atoms with Gasteiger partial charge < -0.3 is 9.94 Å². The van der Waals surface area contributed by atoms with Crippen LogP contribution >= 0.6 is 0 Å². The molecule has 0 rings (SSSR count). The highest BCUT2D eigenvalue weighted by atomic mass is 16.7.